The molecule has 0 spiro atoms. The zero-order chi connectivity index (χ0) is 11.3. The second-order valence-electron chi connectivity index (χ2n) is 3.96. The van der Waals surface area contributed by atoms with Gasteiger partial charge in [-0.2, -0.15) is 5.10 Å². The van der Waals surface area contributed by atoms with Gasteiger partial charge in [-0.3, -0.25) is 4.79 Å². The summed E-state index contributed by atoms with van der Waals surface area (Å²) in [6.07, 6.45) is 3.86. The van der Waals surface area contributed by atoms with Crippen LogP contribution in [0.4, 0.5) is 0 Å². The second kappa shape index (κ2) is 5.44. The topological polar surface area (TPSA) is 47.8 Å². The standard InChI is InChI=1S/C11H17N3O/c1-4-5-10(15)6-11-12-8-13-14(11)7-9(2)3/h4,8-9H,1,5-7H2,2-3H3. The number of allylic oxidation sites excluding steroid dienone is 1. The predicted octanol–water partition coefficient (Wildman–Crippen LogP) is 1.62. The van der Waals surface area contributed by atoms with Crippen molar-refractivity contribution in [1.29, 1.82) is 0 Å². The molecule has 0 aliphatic rings. The van der Waals surface area contributed by atoms with Gasteiger partial charge in [0.15, 0.2) is 0 Å². The Morgan fingerprint density at radius 1 is 1.67 bits per heavy atom. The Hall–Kier alpha value is -1.45. The molecule has 0 bridgehead atoms. The maximum Gasteiger partial charge on any atom is 0.144 e. The van der Waals surface area contributed by atoms with Crippen LogP contribution in [0.1, 0.15) is 26.1 Å². The van der Waals surface area contributed by atoms with E-state index < -0.39 is 0 Å². The molecule has 4 nitrogen and oxygen atoms in total. The van der Waals surface area contributed by atoms with Gasteiger partial charge in [0.2, 0.25) is 0 Å². The van der Waals surface area contributed by atoms with Crippen molar-refractivity contribution in [2.24, 2.45) is 5.92 Å². The minimum absolute atomic E-state index is 0.128. The van der Waals surface area contributed by atoms with Gasteiger partial charge in [0.25, 0.3) is 0 Å². The van der Waals surface area contributed by atoms with Gasteiger partial charge in [-0.15, -0.1) is 6.58 Å². The van der Waals surface area contributed by atoms with E-state index in [0.29, 0.717) is 18.8 Å². The molecule has 0 atom stereocenters. The summed E-state index contributed by atoms with van der Waals surface area (Å²) in [5, 5.41) is 4.10. The maximum atomic E-state index is 11.4. The highest BCUT2D eigenvalue weighted by Crippen LogP contribution is 2.03. The van der Waals surface area contributed by atoms with Crippen LogP contribution in [0.15, 0.2) is 19.0 Å². The summed E-state index contributed by atoms with van der Waals surface area (Å²) in [7, 11) is 0. The Bertz CT molecular complexity index is 341. The molecule has 0 unspecified atom stereocenters. The molecular weight excluding hydrogens is 190 g/mol. The Morgan fingerprint density at radius 2 is 2.40 bits per heavy atom. The Kier molecular flexibility index (Phi) is 4.21. The molecule has 82 valence electrons. The monoisotopic (exact) mass is 207 g/mol. The SMILES string of the molecule is C=CCC(=O)Cc1ncnn1CC(C)C. The minimum Gasteiger partial charge on any atom is -0.299 e. The smallest absolute Gasteiger partial charge is 0.144 e. The highest BCUT2D eigenvalue weighted by molar-refractivity contribution is 5.81. The van der Waals surface area contributed by atoms with E-state index in [9.17, 15) is 4.79 Å². The van der Waals surface area contributed by atoms with Crippen molar-refractivity contribution in [1.82, 2.24) is 14.8 Å². The summed E-state index contributed by atoms with van der Waals surface area (Å²) in [4.78, 5) is 15.5. The third kappa shape index (κ3) is 3.65. The largest absolute Gasteiger partial charge is 0.299 e. The summed E-state index contributed by atoms with van der Waals surface area (Å²) in [5.41, 5.74) is 0. The molecule has 0 N–H and O–H groups in total. The van der Waals surface area contributed by atoms with Crippen molar-refractivity contribution in [3.63, 3.8) is 0 Å². The van der Waals surface area contributed by atoms with Gasteiger partial charge in [0.05, 0.1) is 6.42 Å². The van der Waals surface area contributed by atoms with Crippen LogP contribution in [-0.4, -0.2) is 20.5 Å². The Balaban J connectivity index is 2.64. The fraction of sp³-hybridized carbons (Fsp3) is 0.545. The number of Topliss-reactive ketones (excluding diaryl/α,β-unsaturated/α-hetero) is 1. The highest BCUT2D eigenvalue weighted by Gasteiger charge is 2.09. The normalized spacial score (nSPS) is 10.6. The lowest BCUT2D eigenvalue weighted by atomic mass is 10.2. The molecule has 1 aromatic rings. The predicted molar refractivity (Wildman–Crippen MR) is 58.4 cm³/mol. The van der Waals surface area contributed by atoms with Crippen molar-refractivity contribution in [2.75, 3.05) is 0 Å². The first kappa shape index (κ1) is 11.6. The van der Waals surface area contributed by atoms with Crippen LogP contribution in [0.5, 0.6) is 0 Å². The number of hydrogen-bond acceptors (Lipinski definition) is 3. The number of nitrogens with zero attached hydrogens (tertiary/aromatic N) is 3. The van der Waals surface area contributed by atoms with E-state index in [1.807, 2.05) is 0 Å². The molecule has 0 saturated carbocycles. The summed E-state index contributed by atoms with van der Waals surface area (Å²) in [5.74, 6) is 1.37. The van der Waals surface area contributed by atoms with Crippen LogP contribution in [0.25, 0.3) is 0 Å². The summed E-state index contributed by atoms with van der Waals surface area (Å²) in [6, 6.07) is 0. The van der Waals surface area contributed by atoms with E-state index in [0.717, 1.165) is 12.4 Å². The summed E-state index contributed by atoms with van der Waals surface area (Å²) in [6.45, 7) is 8.56. The number of carbonyl (C=O) groups excluding carboxylic acids is 1. The fourth-order valence-electron chi connectivity index (χ4n) is 1.33. The van der Waals surface area contributed by atoms with Crippen LogP contribution in [0.3, 0.4) is 0 Å². The van der Waals surface area contributed by atoms with E-state index in [2.05, 4.69) is 30.5 Å². The van der Waals surface area contributed by atoms with Crippen molar-refractivity contribution in [3.8, 4) is 0 Å². The third-order valence-electron chi connectivity index (χ3n) is 1.96. The molecule has 1 rings (SSSR count). The van der Waals surface area contributed by atoms with Crippen molar-refractivity contribution in [3.05, 3.63) is 24.8 Å². The van der Waals surface area contributed by atoms with E-state index in [1.54, 1.807) is 10.8 Å². The number of ketones is 1. The van der Waals surface area contributed by atoms with Crippen LogP contribution in [0.2, 0.25) is 0 Å². The maximum absolute atomic E-state index is 11.4. The first-order chi connectivity index (χ1) is 7.13. The molecule has 1 aromatic heterocycles. The van der Waals surface area contributed by atoms with Gasteiger partial charge in [0, 0.05) is 13.0 Å². The first-order valence-electron chi connectivity index (χ1n) is 5.12. The Morgan fingerprint density at radius 3 is 3.00 bits per heavy atom. The van der Waals surface area contributed by atoms with Gasteiger partial charge in [0.1, 0.15) is 17.9 Å². The highest BCUT2D eigenvalue weighted by atomic mass is 16.1. The van der Waals surface area contributed by atoms with Gasteiger partial charge in [-0.05, 0) is 5.92 Å². The second-order valence-corrected chi connectivity index (χ2v) is 3.96. The average molecular weight is 207 g/mol. The quantitative estimate of drug-likeness (QED) is 0.666. The van der Waals surface area contributed by atoms with Crippen LogP contribution >= 0.6 is 0 Å². The lowest BCUT2D eigenvalue weighted by Crippen LogP contribution is -2.13. The van der Waals surface area contributed by atoms with Crippen LogP contribution in [-0.2, 0) is 17.8 Å². The van der Waals surface area contributed by atoms with Gasteiger partial charge < -0.3 is 0 Å². The van der Waals surface area contributed by atoms with Crippen molar-refractivity contribution < 1.29 is 4.79 Å². The van der Waals surface area contributed by atoms with Crippen molar-refractivity contribution in [2.45, 2.75) is 33.2 Å². The summed E-state index contributed by atoms with van der Waals surface area (Å²) >= 11 is 0. The van der Waals surface area contributed by atoms with E-state index in [-0.39, 0.29) is 5.78 Å². The first-order valence-corrected chi connectivity index (χ1v) is 5.12. The molecule has 1 heterocycles. The van der Waals surface area contributed by atoms with Crippen LogP contribution in [0, 0.1) is 5.92 Å². The molecule has 0 aliphatic carbocycles. The molecular formula is C11H17N3O. The zero-order valence-corrected chi connectivity index (χ0v) is 9.31. The number of rotatable bonds is 6. The molecule has 15 heavy (non-hydrogen) atoms. The minimum atomic E-state index is 0.128. The lowest BCUT2D eigenvalue weighted by Gasteiger charge is -2.07. The molecule has 4 heteroatoms. The van der Waals surface area contributed by atoms with Crippen LogP contribution < -0.4 is 0 Å². The fourth-order valence-corrected chi connectivity index (χ4v) is 1.33. The average Bonchev–Trinajstić information content (AvgIpc) is 2.52. The van der Waals surface area contributed by atoms with Gasteiger partial charge in [-0.25, -0.2) is 9.67 Å². The summed E-state index contributed by atoms with van der Waals surface area (Å²) < 4.78 is 1.80. The molecule has 0 radical (unpaired) electrons. The van der Waals surface area contributed by atoms with E-state index in [1.165, 1.54) is 6.33 Å². The van der Waals surface area contributed by atoms with E-state index >= 15 is 0 Å². The van der Waals surface area contributed by atoms with Crippen molar-refractivity contribution >= 4 is 5.78 Å². The zero-order valence-electron chi connectivity index (χ0n) is 9.31. The van der Waals surface area contributed by atoms with Gasteiger partial charge >= 0.3 is 0 Å². The number of hydrogen-bond donors (Lipinski definition) is 0. The molecule has 0 aromatic carbocycles. The molecule has 0 aliphatic heterocycles. The third-order valence-corrected chi connectivity index (χ3v) is 1.96. The Labute approximate surface area is 90.0 Å². The number of aromatic nitrogens is 3. The van der Waals surface area contributed by atoms with E-state index in [4.69, 9.17) is 0 Å². The lowest BCUT2D eigenvalue weighted by molar-refractivity contribution is -0.117. The molecule has 0 amide bonds. The van der Waals surface area contributed by atoms with Gasteiger partial charge in [-0.1, -0.05) is 19.9 Å². The number of carbonyl (C=O) groups is 1. The molecule has 0 fully saturated rings. The molecule has 0 saturated heterocycles.